The normalized spacial score (nSPS) is 14.9. The van der Waals surface area contributed by atoms with Gasteiger partial charge >= 0.3 is 12.0 Å². The van der Waals surface area contributed by atoms with Crippen LogP contribution in [0.25, 0.3) is 0 Å². The van der Waals surface area contributed by atoms with Crippen LogP contribution in [0.5, 0.6) is 6.01 Å². The van der Waals surface area contributed by atoms with Crippen LogP contribution in [0.15, 0.2) is 30.6 Å². The van der Waals surface area contributed by atoms with Crippen molar-refractivity contribution in [2.45, 2.75) is 64.8 Å². The molecule has 1 saturated heterocycles. The van der Waals surface area contributed by atoms with Gasteiger partial charge in [-0.05, 0) is 56.2 Å². The fraction of sp³-hybridized carbons (Fsp3) is 0.577. The molecule has 0 saturated carbocycles. The van der Waals surface area contributed by atoms with Crippen molar-refractivity contribution < 1.29 is 19.0 Å². The lowest BCUT2D eigenvalue weighted by atomic mass is 9.92. The smallest absolute Gasteiger partial charge is 0.316 e. The number of nitrogens with zero attached hydrogens (tertiary/aromatic N) is 3. The van der Waals surface area contributed by atoms with Crippen LogP contribution in [0, 0.1) is 0 Å². The zero-order valence-corrected chi connectivity index (χ0v) is 20.9. The molecule has 8 heteroatoms. The lowest BCUT2D eigenvalue weighted by Gasteiger charge is -2.37. The van der Waals surface area contributed by atoms with Gasteiger partial charge in [0.15, 0.2) is 0 Å². The summed E-state index contributed by atoms with van der Waals surface area (Å²) in [5, 5.41) is 3.54. The largest absolute Gasteiger partial charge is 0.469 e. The van der Waals surface area contributed by atoms with Gasteiger partial charge in [0.1, 0.15) is 0 Å². The first-order chi connectivity index (χ1) is 16.6. The highest BCUT2D eigenvalue weighted by molar-refractivity contribution is 5.77. The van der Waals surface area contributed by atoms with E-state index in [2.05, 4.69) is 52.2 Å². The zero-order chi connectivity index (χ0) is 24.3. The van der Waals surface area contributed by atoms with Crippen molar-refractivity contribution in [1.82, 2.24) is 9.97 Å². The summed E-state index contributed by atoms with van der Waals surface area (Å²) in [6.45, 7) is 9.26. The summed E-state index contributed by atoms with van der Waals surface area (Å²) in [5.74, 6) is -0.110. The molecular formula is C26H38N4O4. The predicted octanol–water partition coefficient (Wildman–Crippen LogP) is 5.07. The molecule has 0 radical (unpaired) electrons. The fourth-order valence-electron chi connectivity index (χ4n) is 4.42. The van der Waals surface area contributed by atoms with E-state index in [0.29, 0.717) is 25.1 Å². The van der Waals surface area contributed by atoms with Crippen LogP contribution < -0.4 is 15.0 Å². The maximum Gasteiger partial charge on any atom is 0.316 e. The molecule has 2 aromatic rings. The number of nitrogens with one attached hydrogen (secondary N) is 1. The molecule has 186 valence electrons. The molecule has 34 heavy (non-hydrogen) atoms. The maximum absolute atomic E-state index is 12.0. The Morgan fingerprint density at radius 3 is 2.56 bits per heavy atom. The third kappa shape index (κ3) is 6.82. The second-order valence-electron chi connectivity index (χ2n) is 8.51. The van der Waals surface area contributed by atoms with Crippen LogP contribution in [0.1, 0.15) is 64.4 Å². The molecule has 8 nitrogen and oxygen atoms in total. The molecule has 3 rings (SSSR count). The van der Waals surface area contributed by atoms with E-state index in [4.69, 9.17) is 14.2 Å². The van der Waals surface area contributed by atoms with Gasteiger partial charge in [-0.25, -0.2) is 9.97 Å². The van der Waals surface area contributed by atoms with E-state index in [1.807, 2.05) is 6.92 Å². The number of hydrogen-bond acceptors (Lipinski definition) is 8. The Kier molecular flexibility index (Phi) is 9.94. The molecule has 1 atom stereocenters. The number of carbonyl (C=O) groups is 1. The lowest BCUT2D eigenvalue weighted by molar-refractivity contribution is -0.141. The summed E-state index contributed by atoms with van der Waals surface area (Å²) in [4.78, 5) is 23.1. The third-order valence-electron chi connectivity index (χ3n) is 6.21. The third-order valence-corrected chi connectivity index (χ3v) is 6.21. The minimum absolute atomic E-state index is 0.0846. The van der Waals surface area contributed by atoms with Crippen molar-refractivity contribution in [3.05, 3.63) is 36.2 Å². The Hall–Kier alpha value is -2.87. The molecule has 0 amide bonds. The number of aromatic nitrogens is 2. The van der Waals surface area contributed by atoms with Crippen LogP contribution >= 0.6 is 0 Å². The summed E-state index contributed by atoms with van der Waals surface area (Å²) in [5.41, 5.74) is 4.01. The van der Waals surface area contributed by atoms with Gasteiger partial charge in [0.25, 0.3) is 0 Å². The van der Waals surface area contributed by atoms with Gasteiger partial charge in [-0.2, -0.15) is 0 Å². The first kappa shape index (κ1) is 25.7. The van der Waals surface area contributed by atoms with E-state index >= 15 is 0 Å². The standard InChI is InChI=1S/C26H38N4O4/c1-5-12-30(22-10-13-33-14-11-22)24-9-8-20(19(6-2)16-25(31)32-4)15-23(24)29-21-17-27-26(28-18-21)34-7-3/h8-9,15,17-19,22,29H,5-7,10-14,16H2,1-4H3/t19-/m0/s1. The number of benzene rings is 1. The van der Waals surface area contributed by atoms with Crippen LogP contribution in [-0.2, 0) is 14.3 Å². The van der Waals surface area contributed by atoms with Crippen molar-refractivity contribution in [3.8, 4) is 6.01 Å². The number of ether oxygens (including phenoxy) is 3. The molecule has 0 aliphatic carbocycles. The molecule has 0 bridgehead atoms. The van der Waals surface area contributed by atoms with Gasteiger partial charge in [-0.3, -0.25) is 4.79 Å². The molecule has 1 N–H and O–H groups in total. The first-order valence-corrected chi connectivity index (χ1v) is 12.4. The van der Waals surface area contributed by atoms with Crippen molar-refractivity contribution >= 4 is 23.0 Å². The van der Waals surface area contributed by atoms with Crippen LogP contribution in [0.4, 0.5) is 17.1 Å². The molecule has 1 aromatic heterocycles. The second kappa shape index (κ2) is 13.1. The van der Waals surface area contributed by atoms with Gasteiger partial charge in [-0.1, -0.05) is 19.9 Å². The van der Waals surface area contributed by atoms with Gasteiger partial charge in [0, 0.05) is 25.8 Å². The molecule has 1 aliphatic rings. The zero-order valence-electron chi connectivity index (χ0n) is 20.9. The van der Waals surface area contributed by atoms with Gasteiger partial charge in [0.2, 0.25) is 0 Å². The lowest BCUT2D eigenvalue weighted by Crippen LogP contribution is -2.40. The topological polar surface area (TPSA) is 85.8 Å². The van der Waals surface area contributed by atoms with Crippen LogP contribution in [-0.4, -0.2) is 55.5 Å². The average molecular weight is 471 g/mol. The average Bonchev–Trinajstić information content (AvgIpc) is 2.87. The molecule has 1 aliphatic heterocycles. The van der Waals surface area contributed by atoms with Gasteiger partial charge in [0.05, 0.1) is 49.6 Å². The molecule has 2 heterocycles. The molecule has 0 unspecified atom stereocenters. The number of rotatable bonds is 12. The summed E-state index contributed by atoms with van der Waals surface area (Å²) < 4.78 is 15.9. The number of hydrogen-bond donors (Lipinski definition) is 1. The van der Waals surface area contributed by atoms with E-state index < -0.39 is 0 Å². The highest BCUT2D eigenvalue weighted by Crippen LogP contribution is 2.36. The minimum Gasteiger partial charge on any atom is -0.469 e. The van der Waals surface area contributed by atoms with Crippen molar-refractivity contribution in [2.75, 3.05) is 43.7 Å². The summed E-state index contributed by atoms with van der Waals surface area (Å²) >= 11 is 0. The van der Waals surface area contributed by atoms with Crippen molar-refractivity contribution in [2.24, 2.45) is 0 Å². The van der Waals surface area contributed by atoms with E-state index in [-0.39, 0.29) is 11.9 Å². The summed E-state index contributed by atoms with van der Waals surface area (Å²) in [6, 6.07) is 7.27. The number of esters is 1. The van der Waals surface area contributed by atoms with E-state index in [1.165, 1.54) is 7.11 Å². The monoisotopic (exact) mass is 470 g/mol. The fourth-order valence-corrected chi connectivity index (χ4v) is 4.42. The van der Waals surface area contributed by atoms with E-state index in [0.717, 1.165) is 68.1 Å². The maximum atomic E-state index is 12.0. The number of carbonyl (C=O) groups excluding carboxylic acids is 1. The van der Waals surface area contributed by atoms with E-state index in [9.17, 15) is 4.79 Å². The highest BCUT2D eigenvalue weighted by atomic mass is 16.5. The SMILES string of the molecule is CCCN(c1ccc([C@@H](CC)CC(=O)OC)cc1Nc1cnc(OCC)nc1)C1CCOCC1. The number of methoxy groups -OCH3 is 1. The van der Waals surface area contributed by atoms with Crippen molar-refractivity contribution in [3.63, 3.8) is 0 Å². The molecule has 0 spiro atoms. The van der Waals surface area contributed by atoms with Gasteiger partial charge in [-0.15, -0.1) is 0 Å². The highest BCUT2D eigenvalue weighted by Gasteiger charge is 2.25. The van der Waals surface area contributed by atoms with Crippen molar-refractivity contribution in [1.29, 1.82) is 0 Å². The quantitative estimate of drug-likeness (QED) is 0.430. The van der Waals surface area contributed by atoms with Crippen LogP contribution in [0.3, 0.4) is 0 Å². The first-order valence-electron chi connectivity index (χ1n) is 12.4. The number of anilines is 3. The Labute approximate surface area is 203 Å². The molecule has 1 fully saturated rings. The van der Waals surface area contributed by atoms with Crippen LogP contribution in [0.2, 0.25) is 0 Å². The molecule has 1 aromatic carbocycles. The van der Waals surface area contributed by atoms with E-state index in [1.54, 1.807) is 12.4 Å². The Bertz CT molecular complexity index is 900. The Morgan fingerprint density at radius 1 is 1.21 bits per heavy atom. The Morgan fingerprint density at radius 2 is 1.94 bits per heavy atom. The van der Waals surface area contributed by atoms with Gasteiger partial charge < -0.3 is 24.4 Å². The predicted molar refractivity (Wildman–Crippen MR) is 134 cm³/mol. The summed E-state index contributed by atoms with van der Waals surface area (Å²) in [7, 11) is 1.44. The summed E-state index contributed by atoms with van der Waals surface area (Å²) in [6.07, 6.45) is 7.73. The molecular weight excluding hydrogens is 432 g/mol. The second-order valence-corrected chi connectivity index (χ2v) is 8.51. The minimum atomic E-state index is -0.194. The Balaban J connectivity index is 1.97.